The van der Waals surface area contributed by atoms with Gasteiger partial charge in [-0.2, -0.15) is 0 Å². The van der Waals surface area contributed by atoms with E-state index in [1.807, 2.05) is 68.5 Å². The number of aliphatic hydroxyl groups excluding tert-OH is 1. The van der Waals surface area contributed by atoms with Crippen LogP contribution >= 0.6 is 0 Å². The molecule has 0 spiro atoms. The van der Waals surface area contributed by atoms with Gasteiger partial charge in [0.1, 0.15) is 5.75 Å². The fraction of sp³-hybridized carbons (Fsp3) is 0.263. The van der Waals surface area contributed by atoms with Crippen molar-refractivity contribution in [2.45, 2.75) is 20.0 Å². The summed E-state index contributed by atoms with van der Waals surface area (Å²) in [6, 6.07) is 15.6. The molecule has 0 radical (unpaired) electrons. The summed E-state index contributed by atoms with van der Waals surface area (Å²) in [6.45, 7) is 4.18. The lowest BCUT2D eigenvalue weighted by molar-refractivity contribution is 0.0509. The molecule has 2 aromatic carbocycles. The molecule has 0 saturated carbocycles. The first kappa shape index (κ1) is 16.3. The van der Waals surface area contributed by atoms with Gasteiger partial charge in [-0.05, 0) is 42.7 Å². The van der Waals surface area contributed by atoms with Crippen molar-refractivity contribution >= 4 is 5.57 Å². The second-order valence-electron chi connectivity index (χ2n) is 5.26. The predicted octanol–water partition coefficient (Wildman–Crippen LogP) is 4.11. The molecular formula is C19H22O3. The summed E-state index contributed by atoms with van der Waals surface area (Å²) in [4.78, 5) is 0. The van der Waals surface area contributed by atoms with E-state index < -0.39 is 6.10 Å². The van der Waals surface area contributed by atoms with Crippen molar-refractivity contribution in [2.24, 2.45) is 0 Å². The highest BCUT2D eigenvalue weighted by Gasteiger charge is 2.09. The summed E-state index contributed by atoms with van der Waals surface area (Å²) < 4.78 is 10.6. The van der Waals surface area contributed by atoms with Crippen LogP contribution in [0.3, 0.4) is 0 Å². The minimum Gasteiger partial charge on any atom is -0.467 e. The number of allylic oxidation sites excluding steroid dienone is 1. The number of hydrogen-bond acceptors (Lipinski definition) is 3. The zero-order chi connectivity index (χ0) is 15.9. The van der Waals surface area contributed by atoms with Crippen LogP contribution in [0, 0.1) is 6.92 Å². The quantitative estimate of drug-likeness (QED) is 0.815. The molecule has 0 aliphatic heterocycles. The first-order valence-corrected chi connectivity index (χ1v) is 7.26. The van der Waals surface area contributed by atoms with Crippen LogP contribution in [0.5, 0.6) is 5.75 Å². The van der Waals surface area contributed by atoms with Crippen LogP contribution < -0.4 is 4.74 Å². The highest BCUT2D eigenvalue weighted by molar-refractivity contribution is 5.70. The van der Waals surface area contributed by atoms with Crippen molar-refractivity contribution in [3.05, 3.63) is 71.3 Å². The number of rotatable bonds is 6. The third kappa shape index (κ3) is 4.20. The number of ether oxygens (including phenoxy) is 2. The number of aliphatic hydroxyl groups is 1. The van der Waals surface area contributed by atoms with E-state index in [0.29, 0.717) is 0 Å². The van der Waals surface area contributed by atoms with Gasteiger partial charge in [0.05, 0.1) is 6.10 Å². The maximum Gasteiger partial charge on any atom is 0.188 e. The molecule has 0 heterocycles. The molecule has 22 heavy (non-hydrogen) atoms. The fourth-order valence-electron chi connectivity index (χ4n) is 2.27. The predicted molar refractivity (Wildman–Crippen MR) is 88.7 cm³/mol. The second kappa shape index (κ2) is 7.78. The Kier molecular flexibility index (Phi) is 5.75. The Bertz CT molecular complexity index is 632. The molecule has 116 valence electrons. The highest BCUT2D eigenvalue weighted by atomic mass is 16.7. The van der Waals surface area contributed by atoms with Crippen LogP contribution in [-0.2, 0) is 4.74 Å². The molecule has 0 saturated heterocycles. The molecule has 0 bridgehead atoms. The lowest BCUT2D eigenvalue weighted by atomic mass is 10.0. The molecule has 0 unspecified atom stereocenters. The Hall–Kier alpha value is -2.10. The fourth-order valence-corrected chi connectivity index (χ4v) is 2.27. The zero-order valence-corrected chi connectivity index (χ0v) is 13.2. The molecular weight excluding hydrogens is 276 g/mol. The average Bonchev–Trinajstić information content (AvgIpc) is 2.53. The van der Waals surface area contributed by atoms with Gasteiger partial charge in [0, 0.05) is 12.7 Å². The van der Waals surface area contributed by atoms with Crippen molar-refractivity contribution in [2.75, 3.05) is 13.9 Å². The minimum absolute atomic E-state index is 0.199. The van der Waals surface area contributed by atoms with Crippen LogP contribution in [0.4, 0.5) is 0 Å². The van der Waals surface area contributed by atoms with Gasteiger partial charge in [0.15, 0.2) is 6.79 Å². The van der Waals surface area contributed by atoms with Gasteiger partial charge in [0.25, 0.3) is 0 Å². The lowest BCUT2D eigenvalue weighted by Crippen LogP contribution is -2.02. The average molecular weight is 298 g/mol. The molecule has 3 nitrogen and oxygen atoms in total. The monoisotopic (exact) mass is 298 g/mol. The highest BCUT2D eigenvalue weighted by Crippen LogP contribution is 2.29. The summed E-state index contributed by atoms with van der Waals surface area (Å²) in [5.41, 5.74) is 3.90. The minimum atomic E-state index is -0.641. The zero-order valence-electron chi connectivity index (χ0n) is 13.2. The molecule has 1 N–H and O–H groups in total. The van der Waals surface area contributed by atoms with Crippen molar-refractivity contribution in [3.8, 4) is 5.75 Å². The van der Waals surface area contributed by atoms with E-state index in [4.69, 9.17) is 9.47 Å². The second-order valence-corrected chi connectivity index (χ2v) is 5.26. The maximum atomic E-state index is 10.3. The van der Waals surface area contributed by atoms with E-state index in [0.717, 1.165) is 28.0 Å². The third-order valence-corrected chi connectivity index (χ3v) is 3.44. The van der Waals surface area contributed by atoms with Crippen LogP contribution in [0.1, 0.15) is 29.7 Å². The standard InChI is InChI=1S/C19H22O3/c1-14-9-10-17(19(11-14)22-13-21-3)15(2)12-18(20)16-7-5-4-6-8-16/h4-12,18,20H,13H2,1-3H3/b15-12+/t18-/m1/s1. The maximum absolute atomic E-state index is 10.3. The number of aryl methyl sites for hydroxylation is 1. The molecule has 3 heteroatoms. The third-order valence-electron chi connectivity index (χ3n) is 3.44. The van der Waals surface area contributed by atoms with Gasteiger partial charge in [-0.25, -0.2) is 0 Å². The Morgan fingerprint density at radius 2 is 1.91 bits per heavy atom. The molecule has 0 aliphatic carbocycles. The summed E-state index contributed by atoms with van der Waals surface area (Å²) in [6.07, 6.45) is 1.19. The van der Waals surface area contributed by atoms with E-state index >= 15 is 0 Å². The number of benzene rings is 2. The first-order chi connectivity index (χ1) is 10.6. The number of hydrogen-bond donors (Lipinski definition) is 1. The van der Waals surface area contributed by atoms with E-state index in [1.54, 1.807) is 7.11 Å². The van der Waals surface area contributed by atoms with Gasteiger partial charge < -0.3 is 14.6 Å². The summed E-state index contributed by atoms with van der Waals surface area (Å²) in [5, 5.41) is 10.3. The van der Waals surface area contributed by atoms with Crippen molar-refractivity contribution < 1.29 is 14.6 Å². The summed E-state index contributed by atoms with van der Waals surface area (Å²) >= 11 is 0. The normalized spacial score (nSPS) is 13.0. The van der Waals surface area contributed by atoms with Gasteiger partial charge >= 0.3 is 0 Å². The van der Waals surface area contributed by atoms with E-state index in [9.17, 15) is 5.11 Å². The SMILES string of the molecule is COCOc1cc(C)ccc1/C(C)=C/[C@@H](O)c1ccccc1. The molecule has 1 atom stereocenters. The largest absolute Gasteiger partial charge is 0.467 e. The molecule has 2 aromatic rings. The topological polar surface area (TPSA) is 38.7 Å². The van der Waals surface area contributed by atoms with Crippen LogP contribution in [0.25, 0.3) is 5.57 Å². The molecule has 0 amide bonds. The lowest BCUT2D eigenvalue weighted by Gasteiger charge is -2.14. The van der Waals surface area contributed by atoms with E-state index in [1.165, 1.54) is 0 Å². The molecule has 0 fully saturated rings. The van der Waals surface area contributed by atoms with Crippen molar-refractivity contribution in [1.82, 2.24) is 0 Å². The first-order valence-electron chi connectivity index (χ1n) is 7.26. The van der Waals surface area contributed by atoms with Crippen LogP contribution in [0.2, 0.25) is 0 Å². The Labute approximate surface area is 131 Å². The molecule has 0 aromatic heterocycles. The Morgan fingerprint density at radius 3 is 2.59 bits per heavy atom. The Morgan fingerprint density at radius 1 is 1.18 bits per heavy atom. The van der Waals surface area contributed by atoms with Crippen LogP contribution in [-0.4, -0.2) is 19.0 Å². The van der Waals surface area contributed by atoms with Crippen molar-refractivity contribution in [3.63, 3.8) is 0 Å². The van der Waals surface area contributed by atoms with Gasteiger partial charge in [-0.15, -0.1) is 0 Å². The van der Waals surface area contributed by atoms with E-state index in [-0.39, 0.29) is 6.79 Å². The van der Waals surface area contributed by atoms with Gasteiger partial charge in [-0.3, -0.25) is 0 Å². The molecule has 2 rings (SSSR count). The van der Waals surface area contributed by atoms with E-state index in [2.05, 4.69) is 0 Å². The van der Waals surface area contributed by atoms with Crippen molar-refractivity contribution in [1.29, 1.82) is 0 Å². The molecule has 0 aliphatic rings. The Balaban J connectivity index is 2.28. The van der Waals surface area contributed by atoms with Gasteiger partial charge in [-0.1, -0.05) is 42.5 Å². The smallest absolute Gasteiger partial charge is 0.188 e. The summed E-state index contributed by atoms with van der Waals surface area (Å²) in [7, 11) is 1.59. The summed E-state index contributed by atoms with van der Waals surface area (Å²) in [5.74, 6) is 0.760. The van der Waals surface area contributed by atoms with Crippen LogP contribution in [0.15, 0.2) is 54.6 Å². The number of methoxy groups -OCH3 is 1. The van der Waals surface area contributed by atoms with Gasteiger partial charge in [0.2, 0.25) is 0 Å².